The van der Waals surface area contributed by atoms with E-state index < -0.39 is 44.7 Å². The molecule has 1 rings (SSSR count). The Hall–Kier alpha value is -1.90. The van der Waals surface area contributed by atoms with Crippen molar-refractivity contribution in [1.82, 2.24) is 16.0 Å². The van der Waals surface area contributed by atoms with Gasteiger partial charge in [0.1, 0.15) is 0 Å². The SMILES string of the molecule is CCO[Si](CCCNC(=O)OCC1CC(COC(=O)NCCC[Si](OCC)(OCC)OCC)CC(COC(=O)NCCC[Si](OCC)(OCC)OCC)C1)(OCC)OCC. The zero-order valence-corrected chi connectivity index (χ0v) is 41.3. The third-order valence-corrected chi connectivity index (χ3v) is 18.9. The van der Waals surface area contributed by atoms with Crippen LogP contribution in [0.3, 0.4) is 0 Å². The van der Waals surface area contributed by atoms with Gasteiger partial charge >= 0.3 is 44.7 Å². The molecule has 354 valence electrons. The third kappa shape index (κ3) is 23.5. The van der Waals surface area contributed by atoms with Gasteiger partial charge < -0.3 is 70.0 Å². The minimum atomic E-state index is -2.81. The van der Waals surface area contributed by atoms with Gasteiger partial charge in [0.25, 0.3) is 0 Å². The molecule has 3 N–H and O–H groups in total. The minimum Gasteiger partial charge on any atom is -0.449 e. The van der Waals surface area contributed by atoms with Crippen LogP contribution in [0.4, 0.5) is 14.4 Å². The zero-order chi connectivity index (χ0) is 44.5. The maximum atomic E-state index is 12.8. The van der Waals surface area contributed by atoms with Crippen molar-refractivity contribution in [3.63, 3.8) is 0 Å². The van der Waals surface area contributed by atoms with Crippen LogP contribution in [0.15, 0.2) is 0 Å². The van der Waals surface area contributed by atoms with E-state index in [-0.39, 0.29) is 37.6 Å². The summed E-state index contributed by atoms with van der Waals surface area (Å²) >= 11 is 0. The largest absolute Gasteiger partial charge is 0.500 e. The molecular weight excluding hydrogens is 835 g/mol. The third-order valence-electron chi connectivity index (χ3n) is 9.42. The summed E-state index contributed by atoms with van der Waals surface area (Å²) in [5.41, 5.74) is 0. The first-order valence-corrected chi connectivity index (χ1v) is 28.2. The highest BCUT2D eigenvalue weighted by molar-refractivity contribution is 6.61. The second kappa shape index (κ2) is 33.6. The molecule has 0 atom stereocenters. The van der Waals surface area contributed by atoms with E-state index in [9.17, 15) is 14.4 Å². The molecule has 1 aliphatic rings. The number of hydrogen-bond donors (Lipinski definition) is 3. The van der Waals surface area contributed by atoms with E-state index in [1.807, 2.05) is 62.3 Å². The van der Waals surface area contributed by atoms with Gasteiger partial charge in [0.05, 0.1) is 19.8 Å². The normalized spacial score (nSPS) is 17.2. The van der Waals surface area contributed by atoms with Gasteiger partial charge in [-0.3, -0.25) is 0 Å². The van der Waals surface area contributed by atoms with Crippen molar-refractivity contribution in [2.45, 2.75) is 119 Å². The molecule has 0 aromatic carbocycles. The van der Waals surface area contributed by atoms with E-state index in [2.05, 4.69) is 16.0 Å². The highest BCUT2D eigenvalue weighted by Crippen LogP contribution is 2.34. The Kier molecular flexibility index (Phi) is 31.5. The standard InChI is InChI=1S/C39H81N3O15Si3/c1-10-49-58(50-11-2,51-12-3)25-19-22-40-37(43)46-31-34-28-35(32-47-38(44)41-23-20-26-59(52-13-4,53-14-5)54-15-6)30-36(29-34)33-48-39(45)42-24-21-27-60(55-16-7,56-17-8)57-18-9/h34-36H,10-33H2,1-9H3,(H,40,43)(H,41,44)(H,42,45). The molecule has 0 saturated heterocycles. The first-order chi connectivity index (χ1) is 29.0. The van der Waals surface area contributed by atoms with Gasteiger partial charge in [-0.15, -0.1) is 0 Å². The van der Waals surface area contributed by atoms with Crippen LogP contribution in [0.5, 0.6) is 0 Å². The molecule has 1 aliphatic carbocycles. The molecule has 18 nitrogen and oxygen atoms in total. The van der Waals surface area contributed by atoms with Gasteiger partial charge in [-0.2, -0.15) is 0 Å². The van der Waals surface area contributed by atoms with Crippen LogP contribution >= 0.6 is 0 Å². The predicted molar refractivity (Wildman–Crippen MR) is 233 cm³/mol. The monoisotopic (exact) mass is 915 g/mol. The summed E-state index contributed by atoms with van der Waals surface area (Å²) in [6, 6.07) is 1.72. The maximum Gasteiger partial charge on any atom is 0.500 e. The Morgan fingerprint density at radius 1 is 0.383 bits per heavy atom. The minimum absolute atomic E-state index is 0.0331. The summed E-state index contributed by atoms with van der Waals surface area (Å²) in [5.74, 6) is -0.0992. The van der Waals surface area contributed by atoms with Crippen molar-refractivity contribution in [2.24, 2.45) is 17.8 Å². The van der Waals surface area contributed by atoms with Crippen LogP contribution in [0, 0.1) is 17.8 Å². The van der Waals surface area contributed by atoms with Crippen LogP contribution in [0.25, 0.3) is 0 Å². The molecule has 3 amide bonds. The first kappa shape index (κ1) is 56.1. The van der Waals surface area contributed by atoms with Crippen LogP contribution in [-0.4, -0.2) is 144 Å². The molecule has 0 spiro atoms. The van der Waals surface area contributed by atoms with E-state index >= 15 is 0 Å². The number of nitrogens with one attached hydrogen (secondary N) is 3. The van der Waals surface area contributed by atoms with E-state index in [0.29, 0.717) is 136 Å². The first-order valence-electron chi connectivity index (χ1n) is 22.4. The number of hydrogen-bond acceptors (Lipinski definition) is 15. The van der Waals surface area contributed by atoms with E-state index in [1.165, 1.54) is 0 Å². The van der Waals surface area contributed by atoms with Crippen LogP contribution in [0.1, 0.15) is 101 Å². The van der Waals surface area contributed by atoms with Crippen molar-refractivity contribution in [2.75, 3.05) is 98.9 Å². The summed E-state index contributed by atoms with van der Waals surface area (Å²) in [6.45, 7) is 23.2. The Morgan fingerprint density at radius 2 is 0.583 bits per heavy atom. The van der Waals surface area contributed by atoms with Crippen molar-refractivity contribution in [3.05, 3.63) is 0 Å². The zero-order valence-electron chi connectivity index (χ0n) is 38.3. The fourth-order valence-electron chi connectivity index (χ4n) is 7.33. The van der Waals surface area contributed by atoms with Gasteiger partial charge in [0.2, 0.25) is 0 Å². The summed E-state index contributed by atoms with van der Waals surface area (Å²) in [5, 5.41) is 8.49. The molecule has 21 heteroatoms. The van der Waals surface area contributed by atoms with Gasteiger partial charge in [-0.05, 0) is 119 Å². The Bertz CT molecular complexity index is 946. The Balaban J connectivity index is 2.79. The molecule has 0 radical (unpaired) electrons. The van der Waals surface area contributed by atoms with Crippen molar-refractivity contribution in [1.29, 1.82) is 0 Å². The highest BCUT2D eigenvalue weighted by atomic mass is 28.4. The predicted octanol–water partition coefficient (Wildman–Crippen LogP) is 6.51. The molecule has 1 fully saturated rings. The van der Waals surface area contributed by atoms with E-state index in [0.717, 1.165) is 0 Å². The lowest BCUT2D eigenvalue weighted by Crippen LogP contribution is -2.46. The van der Waals surface area contributed by atoms with Crippen molar-refractivity contribution in [3.8, 4) is 0 Å². The number of alkyl carbamates (subject to hydrolysis) is 3. The number of carbonyl (C=O) groups excluding carboxylic acids is 3. The second-order valence-electron chi connectivity index (χ2n) is 14.1. The Labute approximate surface area is 363 Å². The fraction of sp³-hybridized carbons (Fsp3) is 0.923. The van der Waals surface area contributed by atoms with Crippen LogP contribution in [-0.2, 0) is 54.0 Å². The van der Waals surface area contributed by atoms with Crippen LogP contribution in [0.2, 0.25) is 18.1 Å². The fourth-order valence-corrected chi connectivity index (χ4v) is 15.2. The topological polar surface area (TPSA) is 198 Å². The smallest absolute Gasteiger partial charge is 0.449 e. The lowest BCUT2D eigenvalue weighted by Gasteiger charge is -2.34. The van der Waals surface area contributed by atoms with Gasteiger partial charge in [-0.25, -0.2) is 14.4 Å². The molecule has 1 saturated carbocycles. The molecule has 0 unspecified atom stereocenters. The van der Waals surface area contributed by atoms with Crippen molar-refractivity contribution < 1.29 is 68.4 Å². The van der Waals surface area contributed by atoms with E-state index in [4.69, 9.17) is 54.0 Å². The summed E-state index contributed by atoms with van der Waals surface area (Å²) < 4.78 is 70.2. The average Bonchev–Trinajstić information content (AvgIpc) is 3.21. The number of rotatable bonds is 36. The molecule has 0 aliphatic heterocycles. The second-order valence-corrected chi connectivity index (χ2v) is 22.3. The highest BCUT2D eigenvalue weighted by Gasteiger charge is 2.41. The lowest BCUT2D eigenvalue weighted by atomic mass is 9.76. The van der Waals surface area contributed by atoms with Crippen LogP contribution < -0.4 is 16.0 Å². The Morgan fingerprint density at radius 3 is 0.767 bits per heavy atom. The number of amides is 3. The summed E-state index contributed by atoms with van der Waals surface area (Å²) in [7, 11) is -8.44. The average molecular weight is 916 g/mol. The number of carbonyl (C=O) groups is 3. The molecule has 0 aromatic heterocycles. The van der Waals surface area contributed by atoms with E-state index in [1.54, 1.807) is 0 Å². The molecule has 0 heterocycles. The maximum absolute atomic E-state index is 12.8. The van der Waals surface area contributed by atoms with Gasteiger partial charge in [0.15, 0.2) is 0 Å². The lowest BCUT2D eigenvalue weighted by molar-refractivity contribution is 0.0404. The van der Waals surface area contributed by atoms with Gasteiger partial charge in [-0.1, -0.05) is 0 Å². The van der Waals surface area contributed by atoms with Crippen molar-refractivity contribution >= 4 is 44.7 Å². The molecule has 60 heavy (non-hydrogen) atoms. The van der Waals surface area contributed by atoms with Gasteiger partial charge in [0, 0.05) is 97.2 Å². The summed E-state index contributed by atoms with van der Waals surface area (Å²) in [6.07, 6.45) is 2.27. The quantitative estimate of drug-likeness (QED) is 0.0349. The summed E-state index contributed by atoms with van der Waals surface area (Å²) in [4.78, 5) is 38.3. The molecular formula is C39H81N3O15Si3. The molecule has 0 aromatic rings. The molecule has 0 bridgehead atoms. The number of ether oxygens (including phenoxy) is 3.